The number of nitrogens with one attached hydrogen (secondary N) is 1. The van der Waals surface area contributed by atoms with E-state index in [1.54, 1.807) is 12.1 Å². The van der Waals surface area contributed by atoms with Crippen LogP contribution in [0.4, 0.5) is 10.1 Å². The van der Waals surface area contributed by atoms with Gasteiger partial charge >= 0.3 is 0 Å². The molecule has 0 aliphatic heterocycles. The number of hydrogen-bond acceptors (Lipinski definition) is 2. The first-order valence-corrected chi connectivity index (χ1v) is 3.77. The number of rotatable bonds is 2. The minimum atomic E-state index is -0.378. The molecule has 0 aliphatic rings. The van der Waals surface area contributed by atoms with E-state index in [-0.39, 0.29) is 11.6 Å². The second-order valence-electron chi connectivity index (χ2n) is 1.94. The lowest BCUT2D eigenvalue weighted by molar-refractivity contribution is 0.387. The van der Waals surface area contributed by atoms with E-state index in [4.69, 9.17) is 4.74 Å². The van der Waals surface area contributed by atoms with Gasteiger partial charge in [-0.3, -0.25) is 0 Å². The topological polar surface area (TPSA) is 21.3 Å². The van der Waals surface area contributed by atoms with Crippen LogP contribution in [0.5, 0.6) is 5.75 Å². The standard InChI is InChI=1S/C7H7BrFNO/c1-11-7-3-2-5(10-8)4-6(7)9/h2-4,10H,1H3. The third-order valence-corrected chi connectivity index (χ3v) is 1.72. The van der Waals surface area contributed by atoms with Crippen LogP contribution in [0.15, 0.2) is 18.2 Å². The number of ether oxygens (including phenoxy) is 1. The van der Waals surface area contributed by atoms with Crippen LogP contribution < -0.4 is 9.08 Å². The molecule has 0 spiro atoms. The van der Waals surface area contributed by atoms with Crippen LogP contribution in [0.25, 0.3) is 0 Å². The molecular weight excluding hydrogens is 213 g/mol. The highest BCUT2D eigenvalue weighted by atomic mass is 79.9. The van der Waals surface area contributed by atoms with Crippen molar-refractivity contribution in [3.8, 4) is 5.75 Å². The maximum Gasteiger partial charge on any atom is 0.167 e. The van der Waals surface area contributed by atoms with Crippen molar-refractivity contribution in [1.29, 1.82) is 0 Å². The predicted molar refractivity (Wildman–Crippen MR) is 45.5 cm³/mol. The predicted octanol–water partition coefficient (Wildman–Crippen LogP) is 2.56. The molecule has 0 unspecified atom stereocenters. The molecule has 0 fully saturated rings. The van der Waals surface area contributed by atoms with Crippen molar-refractivity contribution in [1.82, 2.24) is 0 Å². The minimum absolute atomic E-state index is 0.247. The molecule has 0 bridgehead atoms. The monoisotopic (exact) mass is 219 g/mol. The molecule has 0 radical (unpaired) electrons. The fourth-order valence-corrected chi connectivity index (χ4v) is 0.972. The van der Waals surface area contributed by atoms with Gasteiger partial charge in [-0.2, -0.15) is 0 Å². The van der Waals surface area contributed by atoms with E-state index in [1.165, 1.54) is 13.2 Å². The summed E-state index contributed by atoms with van der Waals surface area (Å²) in [5, 5.41) is 0. The first kappa shape index (κ1) is 8.33. The van der Waals surface area contributed by atoms with Crippen LogP contribution in [-0.4, -0.2) is 7.11 Å². The van der Waals surface area contributed by atoms with Gasteiger partial charge in [-0.15, -0.1) is 0 Å². The fraction of sp³-hybridized carbons (Fsp3) is 0.143. The Hall–Kier alpha value is -0.770. The second-order valence-corrected chi connectivity index (χ2v) is 2.34. The first-order valence-electron chi connectivity index (χ1n) is 2.98. The average molecular weight is 220 g/mol. The van der Waals surface area contributed by atoms with Gasteiger partial charge in [-0.05, 0) is 12.1 Å². The average Bonchev–Trinajstić information content (AvgIpc) is 2.04. The Bertz CT molecular complexity index is 254. The van der Waals surface area contributed by atoms with Crippen molar-refractivity contribution < 1.29 is 9.13 Å². The van der Waals surface area contributed by atoms with Crippen molar-refractivity contribution in [2.24, 2.45) is 0 Å². The smallest absolute Gasteiger partial charge is 0.167 e. The maximum atomic E-state index is 12.9. The zero-order valence-corrected chi connectivity index (χ0v) is 7.48. The summed E-state index contributed by atoms with van der Waals surface area (Å²) in [4.78, 5) is 0. The lowest BCUT2D eigenvalue weighted by Crippen LogP contribution is -1.88. The van der Waals surface area contributed by atoms with Gasteiger partial charge in [0.2, 0.25) is 0 Å². The lowest BCUT2D eigenvalue weighted by atomic mass is 10.3. The van der Waals surface area contributed by atoms with E-state index in [0.717, 1.165) is 0 Å². The molecule has 0 saturated carbocycles. The molecule has 1 aromatic rings. The molecular formula is C7H7BrFNO. The van der Waals surface area contributed by atoms with Crippen LogP contribution in [0.2, 0.25) is 0 Å². The first-order chi connectivity index (χ1) is 5.27. The highest BCUT2D eigenvalue weighted by Crippen LogP contribution is 2.20. The zero-order chi connectivity index (χ0) is 8.27. The largest absolute Gasteiger partial charge is 0.494 e. The molecule has 1 aromatic carbocycles. The highest BCUT2D eigenvalue weighted by molar-refractivity contribution is 9.10. The number of anilines is 1. The Labute approximate surface area is 72.7 Å². The Kier molecular flexibility index (Phi) is 2.70. The molecule has 0 amide bonds. The lowest BCUT2D eigenvalue weighted by Gasteiger charge is -2.02. The fourth-order valence-electron chi connectivity index (χ4n) is 0.725. The SMILES string of the molecule is COc1ccc(NBr)cc1F. The Morgan fingerprint density at radius 3 is 2.73 bits per heavy atom. The normalized spacial score (nSPS) is 9.36. The van der Waals surface area contributed by atoms with E-state index < -0.39 is 0 Å². The number of benzene rings is 1. The number of methoxy groups -OCH3 is 1. The molecule has 0 saturated heterocycles. The van der Waals surface area contributed by atoms with Gasteiger partial charge in [-0.25, -0.2) is 4.39 Å². The van der Waals surface area contributed by atoms with Gasteiger partial charge in [0, 0.05) is 27.9 Å². The second kappa shape index (κ2) is 3.57. The Morgan fingerprint density at radius 2 is 2.27 bits per heavy atom. The minimum Gasteiger partial charge on any atom is -0.494 e. The molecule has 4 heteroatoms. The van der Waals surface area contributed by atoms with Gasteiger partial charge in [0.15, 0.2) is 11.6 Å². The van der Waals surface area contributed by atoms with Gasteiger partial charge < -0.3 is 9.08 Å². The van der Waals surface area contributed by atoms with Crippen LogP contribution in [0, 0.1) is 5.82 Å². The van der Waals surface area contributed by atoms with E-state index >= 15 is 0 Å². The third-order valence-electron chi connectivity index (χ3n) is 1.26. The van der Waals surface area contributed by atoms with Gasteiger partial charge in [-0.1, -0.05) is 0 Å². The summed E-state index contributed by atoms with van der Waals surface area (Å²) >= 11 is 2.98. The number of hydrogen-bond donors (Lipinski definition) is 1. The van der Waals surface area contributed by atoms with Crippen LogP contribution in [0.3, 0.4) is 0 Å². The van der Waals surface area contributed by atoms with Gasteiger partial charge in [0.05, 0.1) is 7.11 Å². The molecule has 1 rings (SSSR count). The van der Waals surface area contributed by atoms with Crippen molar-refractivity contribution in [3.05, 3.63) is 24.0 Å². The van der Waals surface area contributed by atoms with E-state index in [9.17, 15) is 4.39 Å². The molecule has 0 heterocycles. The Morgan fingerprint density at radius 1 is 1.55 bits per heavy atom. The van der Waals surface area contributed by atoms with Crippen LogP contribution in [0.1, 0.15) is 0 Å². The van der Waals surface area contributed by atoms with Crippen molar-refractivity contribution in [2.45, 2.75) is 0 Å². The van der Waals surface area contributed by atoms with E-state index in [1.807, 2.05) is 0 Å². The molecule has 0 aromatic heterocycles. The Balaban J connectivity index is 2.99. The summed E-state index contributed by atoms with van der Waals surface area (Å²) in [6.07, 6.45) is 0. The molecule has 1 N–H and O–H groups in total. The molecule has 2 nitrogen and oxygen atoms in total. The van der Waals surface area contributed by atoms with Crippen LogP contribution >= 0.6 is 16.1 Å². The summed E-state index contributed by atoms with van der Waals surface area (Å²) in [6, 6.07) is 4.60. The quantitative estimate of drug-likeness (QED) is 0.773. The molecule has 0 aliphatic carbocycles. The van der Waals surface area contributed by atoms with Gasteiger partial charge in [0.1, 0.15) is 0 Å². The zero-order valence-electron chi connectivity index (χ0n) is 5.90. The van der Waals surface area contributed by atoms with E-state index in [0.29, 0.717) is 5.69 Å². The summed E-state index contributed by atoms with van der Waals surface area (Å²) in [6.45, 7) is 0. The van der Waals surface area contributed by atoms with Crippen molar-refractivity contribution >= 4 is 21.8 Å². The van der Waals surface area contributed by atoms with Crippen molar-refractivity contribution in [2.75, 3.05) is 11.5 Å². The molecule has 11 heavy (non-hydrogen) atoms. The van der Waals surface area contributed by atoms with E-state index in [2.05, 4.69) is 20.5 Å². The van der Waals surface area contributed by atoms with Crippen LogP contribution in [-0.2, 0) is 0 Å². The highest BCUT2D eigenvalue weighted by Gasteiger charge is 2.01. The summed E-state index contributed by atoms with van der Waals surface area (Å²) in [7, 11) is 1.43. The molecule has 60 valence electrons. The molecule has 0 atom stereocenters. The summed E-state index contributed by atoms with van der Waals surface area (Å²) in [5.41, 5.74) is 0.656. The van der Waals surface area contributed by atoms with Gasteiger partial charge in [0.25, 0.3) is 0 Å². The summed E-state index contributed by atoms with van der Waals surface area (Å²) < 4.78 is 20.2. The number of halogens is 2. The summed E-state index contributed by atoms with van der Waals surface area (Å²) in [5.74, 6) is -0.131. The van der Waals surface area contributed by atoms with Crippen molar-refractivity contribution in [3.63, 3.8) is 0 Å². The maximum absolute atomic E-state index is 12.9. The third kappa shape index (κ3) is 1.83.